The van der Waals surface area contributed by atoms with Gasteiger partial charge in [0.15, 0.2) is 5.69 Å². The smallest absolute Gasteiger partial charge is 0.278 e. The SMILES string of the molecule is COc1ccc(-n2nnc(C(=O)Nc3ccc(OC)cc3OC)c2C2CC2)cc1. The fourth-order valence-electron chi connectivity index (χ4n) is 3.17. The Kier molecular flexibility index (Phi) is 5.07. The molecule has 0 unspecified atom stereocenters. The number of carbonyl (C=O) groups is 1. The van der Waals surface area contributed by atoms with Crippen LogP contribution in [0.15, 0.2) is 42.5 Å². The minimum absolute atomic E-state index is 0.269. The van der Waals surface area contributed by atoms with Gasteiger partial charge in [-0.05, 0) is 49.2 Å². The number of rotatable bonds is 7. The van der Waals surface area contributed by atoms with Crippen LogP contribution in [0, 0.1) is 0 Å². The van der Waals surface area contributed by atoms with Gasteiger partial charge in [0.05, 0.1) is 38.4 Å². The molecule has 2 aromatic carbocycles. The molecular weight excluding hydrogens is 372 g/mol. The summed E-state index contributed by atoms with van der Waals surface area (Å²) in [6.45, 7) is 0. The number of anilines is 1. The Hall–Kier alpha value is -3.55. The molecule has 8 heteroatoms. The Morgan fingerprint density at radius 1 is 1.00 bits per heavy atom. The lowest BCUT2D eigenvalue weighted by Crippen LogP contribution is -2.16. The molecule has 0 radical (unpaired) electrons. The van der Waals surface area contributed by atoms with Crippen molar-refractivity contribution in [1.29, 1.82) is 0 Å². The van der Waals surface area contributed by atoms with Crippen LogP contribution in [-0.2, 0) is 0 Å². The van der Waals surface area contributed by atoms with Crippen molar-refractivity contribution >= 4 is 11.6 Å². The Balaban J connectivity index is 1.65. The molecule has 0 atom stereocenters. The lowest BCUT2D eigenvalue weighted by atomic mass is 10.2. The van der Waals surface area contributed by atoms with Crippen LogP contribution in [0.1, 0.15) is 34.9 Å². The van der Waals surface area contributed by atoms with Crippen LogP contribution in [0.4, 0.5) is 5.69 Å². The van der Waals surface area contributed by atoms with Gasteiger partial charge in [-0.2, -0.15) is 0 Å². The molecule has 0 bridgehead atoms. The third-order valence-corrected chi connectivity index (χ3v) is 4.86. The van der Waals surface area contributed by atoms with E-state index in [9.17, 15) is 4.79 Å². The van der Waals surface area contributed by atoms with Crippen LogP contribution in [0.25, 0.3) is 5.69 Å². The lowest BCUT2D eigenvalue weighted by Gasteiger charge is -2.12. The zero-order valence-corrected chi connectivity index (χ0v) is 16.5. The Morgan fingerprint density at radius 3 is 2.31 bits per heavy atom. The summed E-state index contributed by atoms with van der Waals surface area (Å²) in [6.07, 6.45) is 2.02. The van der Waals surface area contributed by atoms with E-state index in [2.05, 4.69) is 15.6 Å². The first-order valence-electron chi connectivity index (χ1n) is 9.28. The van der Waals surface area contributed by atoms with E-state index < -0.39 is 0 Å². The number of ether oxygens (including phenoxy) is 3. The molecule has 0 saturated heterocycles. The molecule has 0 spiro atoms. The summed E-state index contributed by atoms with van der Waals surface area (Å²) in [5.41, 5.74) is 2.52. The Morgan fingerprint density at radius 2 is 1.69 bits per heavy atom. The van der Waals surface area contributed by atoms with Crippen LogP contribution in [-0.4, -0.2) is 42.2 Å². The van der Waals surface area contributed by atoms with Crippen molar-refractivity contribution in [3.05, 3.63) is 53.9 Å². The molecule has 1 fully saturated rings. The highest BCUT2D eigenvalue weighted by Crippen LogP contribution is 2.42. The number of nitrogens with zero attached hydrogens (tertiary/aromatic N) is 3. The van der Waals surface area contributed by atoms with Crippen LogP contribution < -0.4 is 19.5 Å². The normalized spacial score (nSPS) is 13.1. The van der Waals surface area contributed by atoms with Gasteiger partial charge in [-0.3, -0.25) is 4.79 Å². The number of nitrogens with one attached hydrogen (secondary N) is 1. The van der Waals surface area contributed by atoms with Crippen molar-refractivity contribution in [2.45, 2.75) is 18.8 Å². The van der Waals surface area contributed by atoms with Gasteiger partial charge in [0, 0.05) is 12.0 Å². The molecule has 1 aliphatic carbocycles. The molecular formula is C21H22N4O4. The van der Waals surface area contributed by atoms with Crippen molar-refractivity contribution in [3.8, 4) is 22.9 Å². The second kappa shape index (κ2) is 7.83. The van der Waals surface area contributed by atoms with Crippen LogP contribution in [0.2, 0.25) is 0 Å². The quantitative estimate of drug-likeness (QED) is 0.661. The standard InChI is InChI=1S/C21H22N4O4/c1-27-15-8-6-14(7-9-15)25-20(13-4-5-13)19(23-24-25)21(26)22-17-11-10-16(28-2)12-18(17)29-3/h6-13H,4-5H2,1-3H3,(H,22,26). The van der Waals surface area contributed by atoms with E-state index >= 15 is 0 Å². The van der Waals surface area contributed by atoms with Crippen molar-refractivity contribution in [2.75, 3.05) is 26.6 Å². The molecule has 1 aliphatic rings. The van der Waals surface area contributed by atoms with Crippen molar-refractivity contribution in [1.82, 2.24) is 15.0 Å². The van der Waals surface area contributed by atoms with E-state index in [0.29, 0.717) is 22.9 Å². The fourth-order valence-corrected chi connectivity index (χ4v) is 3.17. The number of methoxy groups -OCH3 is 3. The maximum Gasteiger partial charge on any atom is 0.278 e. The second-order valence-corrected chi connectivity index (χ2v) is 6.73. The van der Waals surface area contributed by atoms with Crippen LogP contribution >= 0.6 is 0 Å². The molecule has 4 rings (SSSR count). The molecule has 1 N–H and O–H groups in total. The molecule has 3 aromatic rings. The zero-order valence-electron chi connectivity index (χ0n) is 16.5. The molecule has 1 saturated carbocycles. The molecule has 8 nitrogen and oxygen atoms in total. The first-order valence-corrected chi connectivity index (χ1v) is 9.28. The molecule has 1 amide bonds. The van der Waals surface area contributed by atoms with E-state index in [-0.39, 0.29) is 11.8 Å². The van der Waals surface area contributed by atoms with Gasteiger partial charge in [0.1, 0.15) is 17.2 Å². The maximum atomic E-state index is 13.0. The molecule has 1 heterocycles. The summed E-state index contributed by atoms with van der Waals surface area (Å²) in [4.78, 5) is 13.0. The van der Waals surface area contributed by atoms with E-state index in [1.807, 2.05) is 24.3 Å². The van der Waals surface area contributed by atoms with Gasteiger partial charge in [0.2, 0.25) is 0 Å². The van der Waals surface area contributed by atoms with Gasteiger partial charge < -0.3 is 19.5 Å². The van der Waals surface area contributed by atoms with E-state index in [1.165, 1.54) is 0 Å². The van der Waals surface area contributed by atoms with Gasteiger partial charge in [0.25, 0.3) is 5.91 Å². The minimum atomic E-state index is -0.324. The highest BCUT2D eigenvalue weighted by Gasteiger charge is 2.34. The molecule has 29 heavy (non-hydrogen) atoms. The average Bonchev–Trinajstić information content (AvgIpc) is 3.51. The molecule has 150 valence electrons. The molecule has 0 aliphatic heterocycles. The summed E-state index contributed by atoms with van der Waals surface area (Å²) < 4.78 is 17.5. The monoisotopic (exact) mass is 394 g/mol. The summed E-state index contributed by atoms with van der Waals surface area (Å²) >= 11 is 0. The summed E-state index contributed by atoms with van der Waals surface area (Å²) in [6, 6.07) is 12.7. The van der Waals surface area contributed by atoms with Crippen LogP contribution in [0.5, 0.6) is 17.2 Å². The maximum absolute atomic E-state index is 13.0. The van der Waals surface area contributed by atoms with Crippen molar-refractivity contribution < 1.29 is 19.0 Å². The number of hydrogen-bond donors (Lipinski definition) is 1. The predicted octanol–water partition coefficient (Wildman–Crippen LogP) is 3.42. The van der Waals surface area contributed by atoms with Crippen molar-refractivity contribution in [3.63, 3.8) is 0 Å². The van der Waals surface area contributed by atoms with Crippen molar-refractivity contribution in [2.24, 2.45) is 0 Å². The minimum Gasteiger partial charge on any atom is -0.497 e. The first-order chi connectivity index (χ1) is 14.1. The highest BCUT2D eigenvalue weighted by atomic mass is 16.5. The first kappa shape index (κ1) is 18.8. The third-order valence-electron chi connectivity index (χ3n) is 4.86. The molecule has 1 aromatic heterocycles. The lowest BCUT2D eigenvalue weighted by molar-refractivity contribution is 0.102. The van der Waals surface area contributed by atoms with Gasteiger partial charge in [-0.15, -0.1) is 5.10 Å². The van der Waals surface area contributed by atoms with Gasteiger partial charge >= 0.3 is 0 Å². The number of hydrogen-bond acceptors (Lipinski definition) is 6. The number of benzene rings is 2. The largest absolute Gasteiger partial charge is 0.497 e. The van der Waals surface area contributed by atoms with E-state index in [1.54, 1.807) is 44.2 Å². The Labute approximate surface area is 168 Å². The average molecular weight is 394 g/mol. The van der Waals surface area contributed by atoms with Gasteiger partial charge in [-0.1, -0.05) is 5.21 Å². The van der Waals surface area contributed by atoms with E-state index in [4.69, 9.17) is 14.2 Å². The summed E-state index contributed by atoms with van der Waals surface area (Å²) in [5.74, 6) is 1.85. The zero-order chi connectivity index (χ0) is 20.4. The number of amides is 1. The predicted molar refractivity (Wildman–Crippen MR) is 107 cm³/mol. The second-order valence-electron chi connectivity index (χ2n) is 6.73. The summed E-state index contributed by atoms with van der Waals surface area (Å²) in [5, 5.41) is 11.3. The third kappa shape index (κ3) is 3.73. The highest BCUT2D eigenvalue weighted by molar-refractivity contribution is 6.04. The van der Waals surface area contributed by atoms with Gasteiger partial charge in [-0.25, -0.2) is 4.68 Å². The van der Waals surface area contributed by atoms with E-state index in [0.717, 1.165) is 30.0 Å². The number of carbonyl (C=O) groups excluding carboxylic acids is 1. The Bertz CT molecular complexity index is 1030. The van der Waals surface area contributed by atoms with Crippen LogP contribution in [0.3, 0.4) is 0 Å². The number of aromatic nitrogens is 3. The summed E-state index contributed by atoms with van der Waals surface area (Å²) in [7, 11) is 4.74. The topological polar surface area (TPSA) is 87.5 Å². The fraction of sp³-hybridized carbons (Fsp3) is 0.286.